The molecule has 106 valence electrons. The molecule has 0 spiro atoms. The Balaban J connectivity index is 2.33. The second-order valence-electron chi connectivity index (χ2n) is 4.41. The van der Waals surface area contributed by atoms with Gasteiger partial charge >= 0.3 is 12.3 Å². The van der Waals surface area contributed by atoms with E-state index in [4.69, 9.17) is 4.74 Å². The van der Waals surface area contributed by atoms with Crippen molar-refractivity contribution in [1.82, 2.24) is 14.7 Å². The zero-order valence-corrected chi connectivity index (χ0v) is 10.7. The van der Waals surface area contributed by atoms with E-state index in [-0.39, 0.29) is 11.7 Å². The number of amides is 1. The molecule has 1 aromatic heterocycles. The molecule has 0 N–H and O–H groups in total. The molecule has 2 atom stereocenters. The highest BCUT2D eigenvalue weighted by molar-refractivity contribution is 5.70. The van der Waals surface area contributed by atoms with Crippen LogP contribution in [0.1, 0.15) is 31.3 Å². The fourth-order valence-corrected chi connectivity index (χ4v) is 2.22. The summed E-state index contributed by atoms with van der Waals surface area (Å²) >= 11 is 0. The molecule has 1 saturated heterocycles. The molecule has 2 rings (SSSR count). The third kappa shape index (κ3) is 2.26. The van der Waals surface area contributed by atoms with Gasteiger partial charge in [-0.1, -0.05) is 0 Å². The quantitative estimate of drug-likeness (QED) is 0.833. The van der Waals surface area contributed by atoms with Crippen LogP contribution in [-0.2, 0) is 18.0 Å². The Hall–Kier alpha value is -1.73. The third-order valence-electron chi connectivity index (χ3n) is 3.23. The number of cyclic esters (lactones) is 1. The first-order valence-corrected chi connectivity index (χ1v) is 5.84. The predicted molar refractivity (Wildman–Crippen MR) is 59.3 cm³/mol. The van der Waals surface area contributed by atoms with E-state index in [1.54, 1.807) is 13.8 Å². The Morgan fingerprint density at radius 1 is 1.47 bits per heavy atom. The van der Waals surface area contributed by atoms with Gasteiger partial charge in [-0.2, -0.15) is 18.3 Å². The van der Waals surface area contributed by atoms with Gasteiger partial charge in [0.05, 0.1) is 11.7 Å². The predicted octanol–water partition coefficient (Wildman–Crippen LogP) is 2.34. The fourth-order valence-electron chi connectivity index (χ4n) is 2.22. The molecule has 0 saturated carbocycles. The van der Waals surface area contributed by atoms with E-state index in [2.05, 4.69) is 5.10 Å². The van der Waals surface area contributed by atoms with Gasteiger partial charge in [-0.05, 0) is 19.9 Å². The van der Waals surface area contributed by atoms with Crippen LogP contribution >= 0.6 is 0 Å². The van der Waals surface area contributed by atoms with Crippen molar-refractivity contribution >= 4 is 6.09 Å². The molecule has 1 aliphatic heterocycles. The maximum atomic E-state index is 12.6. The molecule has 2 heterocycles. The summed E-state index contributed by atoms with van der Waals surface area (Å²) in [5.41, 5.74) is -0.743. The maximum Gasteiger partial charge on any atom is 0.435 e. The van der Waals surface area contributed by atoms with Crippen LogP contribution in [0.15, 0.2) is 6.07 Å². The molecule has 0 aromatic carbocycles. The van der Waals surface area contributed by atoms with Crippen LogP contribution in [0, 0.1) is 0 Å². The van der Waals surface area contributed by atoms with E-state index in [0.29, 0.717) is 6.54 Å². The average Bonchev–Trinajstić information content (AvgIpc) is 2.79. The number of likely N-dealkylation sites (N-methyl/N-ethyl adjacent to an activating group) is 1. The topological polar surface area (TPSA) is 47.4 Å². The van der Waals surface area contributed by atoms with Gasteiger partial charge in [0.15, 0.2) is 11.8 Å². The summed E-state index contributed by atoms with van der Waals surface area (Å²) in [4.78, 5) is 13.0. The Morgan fingerprint density at radius 2 is 2.11 bits per heavy atom. The molecule has 1 aliphatic rings. The van der Waals surface area contributed by atoms with Crippen LogP contribution in [0.25, 0.3) is 0 Å². The highest BCUT2D eigenvalue weighted by atomic mass is 19.4. The zero-order valence-electron chi connectivity index (χ0n) is 10.7. The number of hydrogen-bond donors (Lipinski definition) is 0. The third-order valence-corrected chi connectivity index (χ3v) is 3.23. The van der Waals surface area contributed by atoms with E-state index in [9.17, 15) is 18.0 Å². The van der Waals surface area contributed by atoms with Gasteiger partial charge in [-0.25, -0.2) is 4.79 Å². The van der Waals surface area contributed by atoms with Crippen LogP contribution in [-0.4, -0.2) is 33.4 Å². The molecular formula is C11H14F3N3O2. The SMILES string of the molecule is CCN1C(=O)O[C@@H](c2cc(C(F)(F)F)nn2C)[C@H]1C. The van der Waals surface area contributed by atoms with Crippen molar-refractivity contribution in [2.24, 2.45) is 7.05 Å². The molecule has 5 nitrogen and oxygen atoms in total. The molecule has 19 heavy (non-hydrogen) atoms. The Labute approximate surface area is 107 Å². The molecule has 0 radical (unpaired) electrons. The van der Waals surface area contributed by atoms with Crippen molar-refractivity contribution in [1.29, 1.82) is 0 Å². The highest BCUT2D eigenvalue weighted by Gasteiger charge is 2.42. The summed E-state index contributed by atoms with van der Waals surface area (Å²) in [6.45, 7) is 3.96. The summed E-state index contributed by atoms with van der Waals surface area (Å²) in [6.07, 6.45) is -5.76. The van der Waals surface area contributed by atoms with E-state index < -0.39 is 24.1 Å². The van der Waals surface area contributed by atoms with Gasteiger partial charge in [0, 0.05) is 13.6 Å². The molecular weight excluding hydrogens is 263 g/mol. The van der Waals surface area contributed by atoms with E-state index in [1.807, 2.05) is 0 Å². The first-order chi connectivity index (χ1) is 8.75. The van der Waals surface area contributed by atoms with Crippen LogP contribution in [0.2, 0.25) is 0 Å². The lowest BCUT2D eigenvalue weighted by Crippen LogP contribution is -2.31. The minimum Gasteiger partial charge on any atom is -0.437 e. The van der Waals surface area contributed by atoms with Gasteiger partial charge in [-0.3, -0.25) is 4.68 Å². The normalized spacial score (nSPS) is 23.9. The molecule has 1 amide bonds. The lowest BCUT2D eigenvalue weighted by molar-refractivity contribution is -0.141. The molecule has 1 aromatic rings. The maximum absolute atomic E-state index is 12.6. The number of aromatic nitrogens is 2. The van der Waals surface area contributed by atoms with Gasteiger partial charge in [0.25, 0.3) is 0 Å². The largest absolute Gasteiger partial charge is 0.437 e. The fraction of sp³-hybridized carbons (Fsp3) is 0.636. The second kappa shape index (κ2) is 4.43. The number of rotatable bonds is 2. The minimum absolute atomic E-state index is 0.240. The summed E-state index contributed by atoms with van der Waals surface area (Å²) < 4.78 is 44.0. The molecule has 0 aliphatic carbocycles. The average molecular weight is 277 g/mol. The monoisotopic (exact) mass is 277 g/mol. The second-order valence-corrected chi connectivity index (χ2v) is 4.41. The molecule has 1 fully saturated rings. The molecule has 8 heteroatoms. The van der Waals surface area contributed by atoms with Crippen molar-refractivity contribution in [3.8, 4) is 0 Å². The van der Waals surface area contributed by atoms with E-state index in [0.717, 1.165) is 10.7 Å². The summed E-state index contributed by atoms with van der Waals surface area (Å²) in [5, 5.41) is 3.42. The Morgan fingerprint density at radius 3 is 2.53 bits per heavy atom. The number of ether oxygens (including phenoxy) is 1. The lowest BCUT2D eigenvalue weighted by Gasteiger charge is -2.18. The van der Waals surface area contributed by atoms with Crippen molar-refractivity contribution < 1.29 is 22.7 Å². The standard InChI is InChI=1S/C11H14F3N3O2/c1-4-17-6(2)9(19-10(17)18)7-5-8(11(12,13)14)15-16(7)3/h5-6,9H,4H2,1-3H3/t6-,9-/m1/s1. The van der Waals surface area contributed by atoms with Crippen LogP contribution in [0.5, 0.6) is 0 Å². The first kappa shape index (κ1) is 13.7. The van der Waals surface area contributed by atoms with Crippen molar-refractivity contribution in [3.63, 3.8) is 0 Å². The number of aryl methyl sites for hydroxylation is 1. The Kier molecular flexibility index (Phi) is 3.19. The molecule has 0 unspecified atom stereocenters. The first-order valence-electron chi connectivity index (χ1n) is 5.84. The number of alkyl halides is 3. The summed E-state index contributed by atoms with van der Waals surface area (Å²) in [6, 6.07) is 0.599. The highest BCUT2D eigenvalue weighted by Crippen LogP contribution is 2.35. The molecule has 0 bridgehead atoms. The summed E-state index contributed by atoms with van der Waals surface area (Å²) in [7, 11) is 1.40. The summed E-state index contributed by atoms with van der Waals surface area (Å²) in [5.74, 6) is 0. The lowest BCUT2D eigenvalue weighted by atomic mass is 10.1. The number of carbonyl (C=O) groups is 1. The van der Waals surface area contributed by atoms with Crippen molar-refractivity contribution in [2.45, 2.75) is 32.2 Å². The number of carbonyl (C=O) groups excluding carboxylic acids is 1. The van der Waals surface area contributed by atoms with Gasteiger partial charge in [0.1, 0.15) is 0 Å². The Bertz CT molecular complexity index is 498. The van der Waals surface area contributed by atoms with Crippen LogP contribution in [0.4, 0.5) is 18.0 Å². The zero-order chi connectivity index (χ0) is 14.4. The van der Waals surface area contributed by atoms with E-state index >= 15 is 0 Å². The van der Waals surface area contributed by atoms with Gasteiger partial charge in [0.2, 0.25) is 0 Å². The van der Waals surface area contributed by atoms with Crippen LogP contribution < -0.4 is 0 Å². The van der Waals surface area contributed by atoms with E-state index in [1.165, 1.54) is 11.9 Å². The number of halogens is 3. The van der Waals surface area contributed by atoms with Crippen molar-refractivity contribution in [3.05, 3.63) is 17.5 Å². The minimum atomic E-state index is -4.51. The van der Waals surface area contributed by atoms with Crippen molar-refractivity contribution in [2.75, 3.05) is 6.54 Å². The number of hydrogen-bond acceptors (Lipinski definition) is 3. The van der Waals surface area contributed by atoms with Gasteiger partial charge in [-0.15, -0.1) is 0 Å². The smallest absolute Gasteiger partial charge is 0.435 e. The van der Waals surface area contributed by atoms with Crippen LogP contribution in [0.3, 0.4) is 0 Å². The number of nitrogens with zero attached hydrogens (tertiary/aromatic N) is 3. The van der Waals surface area contributed by atoms with Gasteiger partial charge < -0.3 is 9.64 Å².